The molecule has 0 saturated carbocycles. The molecule has 2 aromatic heterocycles. The van der Waals surface area contributed by atoms with Crippen molar-refractivity contribution in [2.24, 2.45) is 0 Å². The molecule has 0 bridgehead atoms. The number of methoxy groups -OCH3 is 2. The first-order valence-corrected chi connectivity index (χ1v) is 13.8. The number of ether oxygens (including phenoxy) is 4. The monoisotopic (exact) mass is 526 g/mol. The van der Waals surface area contributed by atoms with Crippen molar-refractivity contribution in [3.05, 3.63) is 29.6 Å². The highest BCUT2D eigenvalue weighted by molar-refractivity contribution is 7.93. The van der Waals surface area contributed by atoms with Gasteiger partial charge < -0.3 is 18.9 Å². The number of hydrogen-bond donors (Lipinski definition) is 1. The summed E-state index contributed by atoms with van der Waals surface area (Å²) in [6.45, 7) is 8.12. The molecule has 3 rings (SSSR count). The molecule has 5 atom stereocenters. The molecule has 202 valence electrons. The number of sulfonamides is 1. The second-order valence-corrected chi connectivity index (χ2v) is 11.0. The van der Waals surface area contributed by atoms with E-state index in [9.17, 15) is 8.42 Å². The van der Waals surface area contributed by atoms with E-state index in [-0.39, 0.29) is 18.2 Å². The Morgan fingerprint density at radius 2 is 1.97 bits per heavy atom. The minimum Gasteiger partial charge on any atom is -0.385 e. The van der Waals surface area contributed by atoms with Crippen molar-refractivity contribution in [2.45, 2.75) is 83.2 Å². The number of nitrogens with one attached hydrogen (secondary N) is 1. The normalized spacial score (nSPS) is 20.8. The van der Waals surface area contributed by atoms with Gasteiger partial charge in [-0.1, -0.05) is 6.92 Å². The Labute approximate surface area is 213 Å². The second-order valence-electron chi connectivity index (χ2n) is 8.96. The van der Waals surface area contributed by atoms with Crippen LogP contribution in [0.4, 0.5) is 5.95 Å². The molecule has 0 amide bonds. The van der Waals surface area contributed by atoms with Gasteiger partial charge in [-0.05, 0) is 40.0 Å². The zero-order chi connectivity index (χ0) is 26.3. The quantitative estimate of drug-likeness (QED) is 0.390. The Morgan fingerprint density at radius 3 is 2.56 bits per heavy atom. The Hall–Kier alpha value is -2.19. The van der Waals surface area contributed by atoms with Crippen LogP contribution in [-0.4, -0.2) is 71.9 Å². The fourth-order valence-corrected chi connectivity index (χ4v) is 5.20. The average molecular weight is 527 g/mol. The largest absolute Gasteiger partial charge is 0.385 e. The third-order valence-corrected chi connectivity index (χ3v) is 7.81. The number of anilines is 1. The van der Waals surface area contributed by atoms with E-state index in [1.807, 2.05) is 20.8 Å². The van der Waals surface area contributed by atoms with Gasteiger partial charge in [0.25, 0.3) is 0 Å². The smallest absolute Gasteiger partial charge is 0.240 e. The highest BCUT2D eigenvalue weighted by Crippen LogP contribution is 2.35. The van der Waals surface area contributed by atoms with Crippen LogP contribution in [0, 0.1) is 6.92 Å². The molecule has 1 unspecified atom stereocenters. The second kappa shape index (κ2) is 12.9. The number of rotatable bonds is 14. The molecule has 2 aromatic rings. The van der Waals surface area contributed by atoms with Gasteiger partial charge in [-0.2, -0.15) is 0 Å². The Balaban J connectivity index is 1.94. The van der Waals surface area contributed by atoms with Crippen LogP contribution >= 0.6 is 0 Å². The van der Waals surface area contributed by atoms with Crippen molar-refractivity contribution in [1.29, 1.82) is 0 Å². The van der Waals surface area contributed by atoms with E-state index in [1.165, 1.54) is 0 Å². The molecule has 0 radical (unpaired) electrons. The molecule has 1 aliphatic heterocycles. The van der Waals surface area contributed by atoms with Crippen LogP contribution in [0.25, 0.3) is 0 Å². The highest BCUT2D eigenvalue weighted by Gasteiger charge is 2.36. The van der Waals surface area contributed by atoms with Crippen molar-refractivity contribution in [3.63, 3.8) is 0 Å². The maximum atomic E-state index is 13.6. The third kappa shape index (κ3) is 6.76. The van der Waals surface area contributed by atoms with Crippen LogP contribution in [-0.2, 0) is 29.0 Å². The summed E-state index contributed by atoms with van der Waals surface area (Å²) < 4.78 is 54.3. The zero-order valence-corrected chi connectivity index (χ0v) is 22.7. The molecule has 1 fully saturated rings. The van der Waals surface area contributed by atoms with Crippen molar-refractivity contribution < 1.29 is 27.4 Å². The molecule has 36 heavy (non-hydrogen) atoms. The molecule has 12 nitrogen and oxygen atoms in total. The number of nitrogens with zero attached hydrogens (tertiary/aromatic N) is 5. The first-order valence-electron chi connectivity index (χ1n) is 12.3. The topological polar surface area (TPSA) is 140 Å². The lowest BCUT2D eigenvalue weighted by Gasteiger charge is -2.26. The van der Waals surface area contributed by atoms with Gasteiger partial charge in [-0.15, -0.1) is 10.2 Å². The van der Waals surface area contributed by atoms with Gasteiger partial charge in [0.05, 0.1) is 30.3 Å². The molecule has 1 N–H and O–H groups in total. The van der Waals surface area contributed by atoms with Crippen LogP contribution in [0.15, 0.2) is 12.4 Å². The molecule has 13 heteroatoms. The van der Waals surface area contributed by atoms with E-state index in [0.29, 0.717) is 31.2 Å². The molecular formula is C23H38N6O6S. The summed E-state index contributed by atoms with van der Waals surface area (Å²) in [4.78, 5) is 8.63. The lowest BCUT2D eigenvalue weighted by molar-refractivity contribution is 0.00193. The number of hydrogen-bond acceptors (Lipinski definition) is 10. The van der Waals surface area contributed by atoms with Crippen LogP contribution in [0.5, 0.6) is 0 Å². The maximum Gasteiger partial charge on any atom is 0.240 e. The number of aromatic nitrogens is 5. The highest BCUT2D eigenvalue weighted by atomic mass is 32.2. The zero-order valence-electron chi connectivity index (χ0n) is 21.9. The molecule has 1 aliphatic rings. The predicted octanol–water partition coefficient (Wildman–Crippen LogP) is 3.10. The van der Waals surface area contributed by atoms with Crippen LogP contribution in [0.1, 0.15) is 82.1 Å². The Kier molecular flexibility index (Phi) is 10.1. The van der Waals surface area contributed by atoms with Gasteiger partial charge in [-0.25, -0.2) is 8.42 Å². The summed E-state index contributed by atoms with van der Waals surface area (Å²) in [5.74, 6) is 0.558. The lowest BCUT2D eigenvalue weighted by Crippen LogP contribution is -2.34. The first-order chi connectivity index (χ1) is 17.2. The molecule has 3 heterocycles. The van der Waals surface area contributed by atoms with Crippen molar-refractivity contribution in [2.75, 3.05) is 32.2 Å². The van der Waals surface area contributed by atoms with Crippen molar-refractivity contribution in [1.82, 2.24) is 24.7 Å². The standard InChI is InChI=1S/C23H38N6O6S/c1-7-11-34-21(18-14-24-15(2)13-25-18)17(4)36(30,31)28-23-27-26-22(19-9-8-16(3)35-19)29(23)20(33-6)10-12-32-5/h13-14,16-17,19-21H,7-12H2,1-6H3,(H,27,28)/t16-,17+,19-,20?,21-/m1/s1. The Morgan fingerprint density at radius 1 is 1.19 bits per heavy atom. The molecular weight excluding hydrogens is 488 g/mol. The van der Waals surface area contributed by atoms with E-state index in [0.717, 1.165) is 25.0 Å². The summed E-state index contributed by atoms with van der Waals surface area (Å²) in [5, 5.41) is 7.49. The number of aryl methyl sites for hydroxylation is 1. The molecule has 0 spiro atoms. The van der Waals surface area contributed by atoms with Gasteiger partial charge >= 0.3 is 0 Å². The summed E-state index contributed by atoms with van der Waals surface area (Å²) >= 11 is 0. The van der Waals surface area contributed by atoms with Crippen molar-refractivity contribution >= 4 is 16.0 Å². The third-order valence-electron chi connectivity index (χ3n) is 6.11. The minimum atomic E-state index is -4.00. The van der Waals surface area contributed by atoms with Crippen LogP contribution < -0.4 is 4.72 Å². The van der Waals surface area contributed by atoms with E-state index in [4.69, 9.17) is 18.9 Å². The summed E-state index contributed by atoms with van der Waals surface area (Å²) in [7, 11) is -0.857. The summed E-state index contributed by atoms with van der Waals surface area (Å²) in [6.07, 6.45) is 4.34. The van der Waals surface area contributed by atoms with E-state index >= 15 is 0 Å². The summed E-state index contributed by atoms with van der Waals surface area (Å²) in [5.41, 5.74) is 1.17. The van der Waals surface area contributed by atoms with Gasteiger partial charge in [-0.3, -0.25) is 19.3 Å². The molecule has 1 saturated heterocycles. The maximum absolute atomic E-state index is 13.6. The summed E-state index contributed by atoms with van der Waals surface area (Å²) in [6, 6.07) is 0. The van der Waals surface area contributed by atoms with Crippen LogP contribution in [0.3, 0.4) is 0 Å². The molecule has 0 aromatic carbocycles. The fraction of sp³-hybridized carbons (Fsp3) is 0.739. The van der Waals surface area contributed by atoms with E-state index in [1.54, 1.807) is 38.1 Å². The van der Waals surface area contributed by atoms with Gasteiger partial charge in [0.15, 0.2) is 5.82 Å². The van der Waals surface area contributed by atoms with Crippen molar-refractivity contribution in [3.8, 4) is 0 Å². The predicted molar refractivity (Wildman–Crippen MR) is 133 cm³/mol. The SMILES string of the molecule is CCCO[C@@H](c1cnc(C)cn1)[C@H](C)S(=O)(=O)Nc1nnc([C@H]2CC[C@@H](C)O2)n1C(CCOC)OC. The van der Waals surface area contributed by atoms with E-state index < -0.39 is 27.6 Å². The lowest BCUT2D eigenvalue weighted by atomic mass is 10.2. The minimum absolute atomic E-state index is 0.0483. The van der Waals surface area contributed by atoms with E-state index in [2.05, 4.69) is 24.9 Å². The van der Waals surface area contributed by atoms with Crippen LogP contribution in [0.2, 0.25) is 0 Å². The fourth-order valence-electron chi connectivity index (χ4n) is 4.08. The van der Waals surface area contributed by atoms with Gasteiger partial charge in [0, 0.05) is 33.4 Å². The average Bonchev–Trinajstić information content (AvgIpc) is 3.46. The Bertz CT molecular complexity index is 1060. The van der Waals surface area contributed by atoms with Gasteiger partial charge in [0.1, 0.15) is 23.7 Å². The first kappa shape index (κ1) is 28.4. The molecule has 0 aliphatic carbocycles. The van der Waals surface area contributed by atoms with Gasteiger partial charge in [0.2, 0.25) is 16.0 Å².